The van der Waals surface area contributed by atoms with E-state index in [-0.39, 0.29) is 0 Å². The second kappa shape index (κ2) is 6.63. The van der Waals surface area contributed by atoms with Crippen molar-refractivity contribution in [1.82, 2.24) is 20.1 Å². The van der Waals surface area contributed by atoms with Gasteiger partial charge in [-0.15, -0.1) is 0 Å². The zero-order chi connectivity index (χ0) is 12.0. The molecular weight excluding hydrogens is 200 g/mol. The third kappa shape index (κ3) is 4.31. The summed E-state index contributed by atoms with van der Waals surface area (Å²) in [7, 11) is 1.95. The van der Waals surface area contributed by atoms with Crippen molar-refractivity contribution in [2.24, 2.45) is 7.05 Å². The zero-order valence-corrected chi connectivity index (χ0v) is 10.9. The molecular formula is C12H24N4. The van der Waals surface area contributed by atoms with Crippen LogP contribution in [0.15, 0.2) is 6.33 Å². The van der Waals surface area contributed by atoms with Gasteiger partial charge in [-0.3, -0.25) is 4.68 Å². The largest absolute Gasteiger partial charge is 0.311 e. The lowest BCUT2D eigenvalue weighted by molar-refractivity contribution is 0.414. The monoisotopic (exact) mass is 224 g/mol. The predicted octanol–water partition coefficient (Wildman–Crippen LogP) is 1.91. The van der Waals surface area contributed by atoms with Crippen LogP contribution in [0.4, 0.5) is 0 Å². The van der Waals surface area contributed by atoms with Gasteiger partial charge in [-0.25, -0.2) is 4.98 Å². The molecule has 4 heteroatoms. The molecule has 1 aromatic heterocycles. The Labute approximate surface area is 98.5 Å². The first-order valence-corrected chi connectivity index (χ1v) is 6.22. The molecule has 1 atom stereocenters. The van der Waals surface area contributed by atoms with Gasteiger partial charge in [0, 0.05) is 25.6 Å². The van der Waals surface area contributed by atoms with Crippen molar-refractivity contribution in [2.45, 2.75) is 58.5 Å². The first-order valence-electron chi connectivity index (χ1n) is 6.22. The van der Waals surface area contributed by atoms with Gasteiger partial charge in [-0.05, 0) is 6.42 Å². The maximum absolute atomic E-state index is 4.28. The van der Waals surface area contributed by atoms with E-state index in [1.807, 2.05) is 11.7 Å². The third-order valence-electron chi connectivity index (χ3n) is 2.71. The zero-order valence-electron chi connectivity index (χ0n) is 10.9. The first-order chi connectivity index (χ1) is 7.63. The van der Waals surface area contributed by atoms with Crippen molar-refractivity contribution in [2.75, 3.05) is 0 Å². The average molecular weight is 224 g/mol. The van der Waals surface area contributed by atoms with E-state index >= 15 is 0 Å². The van der Waals surface area contributed by atoms with Crippen LogP contribution in [-0.4, -0.2) is 26.8 Å². The van der Waals surface area contributed by atoms with Crippen LogP contribution in [0.25, 0.3) is 0 Å². The van der Waals surface area contributed by atoms with E-state index in [4.69, 9.17) is 0 Å². The number of nitrogens with zero attached hydrogens (tertiary/aromatic N) is 3. The fourth-order valence-electron chi connectivity index (χ4n) is 1.89. The fraction of sp³-hybridized carbons (Fsp3) is 0.833. The van der Waals surface area contributed by atoms with Crippen molar-refractivity contribution in [3.8, 4) is 0 Å². The van der Waals surface area contributed by atoms with E-state index in [1.54, 1.807) is 6.33 Å². The molecule has 92 valence electrons. The summed E-state index contributed by atoms with van der Waals surface area (Å²) >= 11 is 0. The number of unbranched alkanes of at least 4 members (excludes halogenated alkanes) is 1. The summed E-state index contributed by atoms with van der Waals surface area (Å²) < 4.78 is 1.86. The summed E-state index contributed by atoms with van der Waals surface area (Å²) in [4.78, 5) is 4.28. The topological polar surface area (TPSA) is 42.7 Å². The Morgan fingerprint density at radius 1 is 1.44 bits per heavy atom. The molecule has 4 nitrogen and oxygen atoms in total. The maximum atomic E-state index is 4.28. The minimum absolute atomic E-state index is 0.517. The average Bonchev–Trinajstić information content (AvgIpc) is 2.60. The Bertz CT molecular complexity index is 293. The van der Waals surface area contributed by atoms with Crippen LogP contribution >= 0.6 is 0 Å². The fourth-order valence-corrected chi connectivity index (χ4v) is 1.89. The molecule has 1 aromatic rings. The molecule has 0 aliphatic carbocycles. The summed E-state index contributed by atoms with van der Waals surface area (Å²) in [6.07, 6.45) is 6.31. The molecule has 0 aliphatic heterocycles. The molecule has 0 saturated heterocycles. The lowest BCUT2D eigenvalue weighted by atomic mass is 10.1. The standard InChI is InChI=1S/C12H24N4/c1-5-6-7-11(15-10(2)3)8-12-13-9-14-16(12)4/h9-11,15H,5-8H2,1-4H3. The number of aryl methyl sites for hydroxylation is 1. The Morgan fingerprint density at radius 2 is 2.19 bits per heavy atom. The van der Waals surface area contributed by atoms with Crippen LogP contribution in [0.2, 0.25) is 0 Å². The molecule has 1 unspecified atom stereocenters. The summed E-state index contributed by atoms with van der Waals surface area (Å²) in [5, 5.41) is 7.71. The minimum Gasteiger partial charge on any atom is -0.311 e. The molecule has 1 heterocycles. The van der Waals surface area contributed by atoms with Gasteiger partial charge in [-0.1, -0.05) is 33.6 Å². The summed E-state index contributed by atoms with van der Waals surface area (Å²) in [5.41, 5.74) is 0. The van der Waals surface area contributed by atoms with Crippen LogP contribution in [0.3, 0.4) is 0 Å². The number of rotatable bonds is 7. The van der Waals surface area contributed by atoms with Gasteiger partial charge >= 0.3 is 0 Å². The van der Waals surface area contributed by atoms with Crippen molar-refractivity contribution in [1.29, 1.82) is 0 Å². The van der Waals surface area contributed by atoms with Crippen molar-refractivity contribution < 1.29 is 0 Å². The summed E-state index contributed by atoms with van der Waals surface area (Å²) in [6.45, 7) is 6.61. The van der Waals surface area contributed by atoms with Gasteiger partial charge in [0.25, 0.3) is 0 Å². The van der Waals surface area contributed by atoms with Crippen LogP contribution in [0, 0.1) is 0 Å². The van der Waals surface area contributed by atoms with E-state index in [0.29, 0.717) is 12.1 Å². The quantitative estimate of drug-likeness (QED) is 0.769. The van der Waals surface area contributed by atoms with E-state index < -0.39 is 0 Å². The molecule has 0 amide bonds. The van der Waals surface area contributed by atoms with Gasteiger partial charge in [0.1, 0.15) is 12.2 Å². The van der Waals surface area contributed by atoms with Gasteiger partial charge < -0.3 is 5.32 Å². The highest BCUT2D eigenvalue weighted by atomic mass is 15.3. The molecule has 0 aromatic carbocycles. The van der Waals surface area contributed by atoms with Gasteiger partial charge in [0.05, 0.1) is 0 Å². The Morgan fingerprint density at radius 3 is 2.69 bits per heavy atom. The second-order valence-corrected chi connectivity index (χ2v) is 4.66. The Kier molecular flexibility index (Phi) is 5.46. The first kappa shape index (κ1) is 13.2. The van der Waals surface area contributed by atoms with Crippen LogP contribution in [0.1, 0.15) is 45.9 Å². The van der Waals surface area contributed by atoms with Crippen LogP contribution in [-0.2, 0) is 13.5 Å². The minimum atomic E-state index is 0.517. The predicted molar refractivity (Wildman–Crippen MR) is 66.3 cm³/mol. The smallest absolute Gasteiger partial charge is 0.138 e. The molecule has 0 fully saturated rings. The lowest BCUT2D eigenvalue weighted by Gasteiger charge is -2.20. The molecule has 16 heavy (non-hydrogen) atoms. The molecule has 1 N–H and O–H groups in total. The molecule has 0 aliphatic rings. The lowest BCUT2D eigenvalue weighted by Crippen LogP contribution is -2.37. The number of nitrogens with one attached hydrogen (secondary N) is 1. The Balaban J connectivity index is 2.52. The molecule has 0 saturated carbocycles. The van der Waals surface area contributed by atoms with E-state index in [1.165, 1.54) is 19.3 Å². The van der Waals surface area contributed by atoms with Crippen LogP contribution in [0.5, 0.6) is 0 Å². The third-order valence-corrected chi connectivity index (χ3v) is 2.71. The van der Waals surface area contributed by atoms with Gasteiger partial charge in [-0.2, -0.15) is 5.10 Å². The highest BCUT2D eigenvalue weighted by Gasteiger charge is 2.13. The van der Waals surface area contributed by atoms with E-state index in [0.717, 1.165) is 12.2 Å². The molecule has 0 bridgehead atoms. The molecule has 0 spiro atoms. The maximum Gasteiger partial charge on any atom is 0.138 e. The molecule has 0 radical (unpaired) electrons. The number of hydrogen-bond donors (Lipinski definition) is 1. The van der Waals surface area contributed by atoms with Gasteiger partial charge in [0.2, 0.25) is 0 Å². The second-order valence-electron chi connectivity index (χ2n) is 4.66. The van der Waals surface area contributed by atoms with E-state index in [2.05, 4.69) is 36.2 Å². The van der Waals surface area contributed by atoms with E-state index in [9.17, 15) is 0 Å². The van der Waals surface area contributed by atoms with Crippen LogP contribution < -0.4 is 5.32 Å². The normalized spacial score (nSPS) is 13.3. The Hall–Kier alpha value is -0.900. The summed E-state index contributed by atoms with van der Waals surface area (Å²) in [5.74, 6) is 1.06. The van der Waals surface area contributed by atoms with Crippen molar-refractivity contribution in [3.63, 3.8) is 0 Å². The SMILES string of the molecule is CCCCC(Cc1ncnn1C)NC(C)C. The van der Waals surface area contributed by atoms with Crippen molar-refractivity contribution >= 4 is 0 Å². The highest BCUT2D eigenvalue weighted by Crippen LogP contribution is 2.07. The van der Waals surface area contributed by atoms with Gasteiger partial charge in [0.15, 0.2) is 0 Å². The van der Waals surface area contributed by atoms with Crippen molar-refractivity contribution in [3.05, 3.63) is 12.2 Å². The summed E-state index contributed by atoms with van der Waals surface area (Å²) in [6, 6.07) is 1.04. The number of aromatic nitrogens is 3. The molecule has 1 rings (SSSR count). The number of hydrogen-bond acceptors (Lipinski definition) is 3. The highest BCUT2D eigenvalue weighted by molar-refractivity contribution is 4.89.